The first-order chi connectivity index (χ1) is 15.2. The summed E-state index contributed by atoms with van der Waals surface area (Å²) >= 11 is 14.5. The first-order valence-corrected chi connectivity index (χ1v) is 12.9. The van der Waals surface area contributed by atoms with Crippen LogP contribution in [0.2, 0.25) is 10.0 Å². The number of thioether (sulfide) groups is 1. The summed E-state index contributed by atoms with van der Waals surface area (Å²) in [5.41, 5.74) is -0.781. The maximum atomic E-state index is 15.2. The van der Waals surface area contributed by atoms with E-state index >= 15 is 4.39 Å². The van der Waals surface area contributed by atoms with E-state index in [0.717, 1.165) is 12.1 Å². The van der Waals surface area contributed by atoms with Crippen LogP contribution in [0.25, 0.3) is 10.3 Å². The van der Waals surface area contributed by atoms with Gasteiger partial charge in [-0.25, -0.2) is 32.2 Å². The molecular weight excluding hydrogens is 523 g/mol. The van der Waals surface area contributed by atoms with Crippen LogP contribution >= 0.6 is 46.3 Å². The van der Waals surface area contributed by atoms with Crippen molar-refractivity contribution < 1.29 is 17.2 Å². The molecule has 0 amide bonds. The van der Waals surface area contributed by atoms with Gasteiger partial charge in [0.15, 0.2) is 16.0 Å². The molecule has 0 aliphatic carbocycles. The number of thiazole rings is 1. The normalized spacial score (nSPS) is 11.7. The molecule has 7 nitrogen and oxygen atoms in total. The standard InChI is InChI=1S/C18H11Cl2F2N5O2S3/c1-30-18-26-15-16(23-7-24-17(15)31-18)25-14-9(21)5-6-10(13(14)22)27-32(28,29)11-4-2-3-8(19)12(11)20/h2-7,27H,1H3,(H,23,24,25). The molecule has 0 saturated carbocycles. The number of rotatable bonds is 6. The van der Waals surface area contributed by atoms with E-state index in [1.165, 1.54) is 47.6 Å². The van der Waals surface area contributed by atoms with Gasteiger partial charge >= 0.3 is 0 Å². The number of aromatic nitrogens is 3. The van der Waals surface area contributed by atoms with Gasteiger partial charge in [-0.05, 0) is 30.5 Å². The fraction of sp³-hybridized carbons (Fsp3) is 0.0556. The summed E-state index contributed by atoms with van der Waals surface area (Å²) in [6, 6.07) is 5.87. The van der Waals surface area contributed by atoms with E-state index in [2.05, 4.69) is 25.0 Å². The molecule has 0 fully saturated rings. The summed E-state index contributed by atoms with van der Waals surface area (Å²) < 4.78 is 57.9. The van der Waals surface area contributed by atoms with E-state index in [-0.39, 0.29) is 20.8 Å². The van der Waals surface area contributed by atoms with E-state index in [0.29, 0.717) is 14.7 Å². The highest BCUT2D eigenvalue weighted by atomic mass is 35.5. The van der Waals surface area contributed by atoms with E-state index in [1.54, 1.807) is 0 Å². The minimum atomic E-state index is -4.32. The Morgan fingerprint density at radius 1 is 1.12 bits per heavy atom. The lowest BCUT2D eigenvalue weighted by Crippen LogP contribution is -2.15. The quantitative estimate of drug-likeness (QED) is 0.296. The van der Waals surface area contributed by atoms with Gasteiger partial charge in [0.05, 0.1) is 15.7 Å². The highest BCUT2D eigenvalue weighted by Crippen LogP contribution is 2.35. The maximum absolute atomic E-state index is 15.2. The van der Waals surface area contributed by atoms with Crippen molar-refractivity contribution in [2.24, 2.45) is 0 Å². The van der Waals surface area contributed by atoms with E-state index < -0.39 is 33.0 Å². The Morgan fingerprint density at radius 3 is 2.66 bits per heavy atom. The first kappa shape index (κ1) is 22.9. The molecule has 2 aromatic heterocycles. The van der Waals surface area contributed by atoms with Crippen LogP contribution in [-0.4, -0.2) is 29.6 Å². The second-order valence-corrected chi connectivity index (χ2v) is 10.6. The second kappa shape index (κ2) is 8.94. The highest BCUT2D eigenvalue weighted by Gasteiger charge is 2.24. The highest BCUT2D eigenvalue weighted by molar-refractivity contribution is 8.00. The van der Waals surface area contributed by atoms with Gasteiger partial charge in [0, 0.05) is 0 Å². The average Bonchev–Trinajstić information content (AvgIpc) is 3.19. The molecule has 4 rings (SSSR count). The molecule has 2 heterocycles. The Morgan fingerprint density at radius 2 is 1.91 bits per heavy atom. The Bertz CT molecular complexity index is 1450. The van der Waals surface area contributed by atoms with Crippen molar-refractivity contribution in [3.63, 3.8) is 0 Å². The molecule has 2 N–H and O–H groups in total. The van der Waals surface area contributed by atoms with E-state index in [1.807, 2.05) is 6.26 Å². The van der Waals surface area contributed by atoms with Crippen LogP contribution in [0.1, 0.15) is 0 Å². The monoisotopic (exact) mass is 533 g/mol. The molecule has 0 saturated heterocycles. The van der Waals surface area contributed by atoms with Gasteiger partial charge in [-0.2, -0.15) is 0 Å². The van der Waals surface area contributed by atoms with Gasteiger partial charge in [-0.15, -0.1) is 0 Å². The number of nitrogens with one attached hydrogen (secondary N) is 2. The predicted molar refractivity (Wildman–Crippen MR) is 124 cm³/mol. The van der Waals surface area contributed by atoms with Gasteiger partial charge in [-0.1, -0.05) is 52.4 Å². The molecule has 166 valence electrons. The first-order valence-electron chi connectivity index (χ1n) is 8.58. The number of sulfonamides is 1. The third-order valence-corrected chi connectivity index (χ3v) is 8.42. The molecule has 0 unspecified atom stereocenters. The Kier molecular flexibility index (Phi) is 6.41. The number of hydrogen-bond acceptors (Lipinski definition) is 8. The van der Waals surface area contributed by atoms with Gasteiger partial charge in [-0.3, -0.25) is 4.72 Å². The second-order valence-electron chi connectivity index (χ2n) is 6.13. The molecule has 0 spiro atoms. The van der Waals surface area contributed by atoms with Crippen molar-refractivity contribution in [1.82, 2.24) is 15.0 Å². The summed E-state index contributed by atoms with van der Waals surface area (Å²) in [7, 11) is -4.32. The SMILES string of the molecule is CSc1nc2c(Nc3c(F)ccc(NS(=O)(=O)c4cccc(Cl)c4Cl)c3F)ncnc2s1. The zero-order valence-electron chi connectivity index (χ0n) is 15.9. The molecule has 0 aliphatic rings. The Labute approximate surface area is 199 Å². The maximum Gasteiger partial charge on any atom is 0.263 e. The lowest BCUT2D eigenvalue weighted by Gasteiger charge is -2.14. The summed E-state index contributed by atoms with van der Waals surface area (Å²) in [6.07, 6.45) is 3.07. The molecular formula is C18H11Cl2F2N5O2S3. The molecule has 0 atom stereocenters. The van der Waals surface area contributed by atoms with Crippen molar-refractivity contribution in [2.45, 2.75) is 9.24 Å². The van der Waals surface area contributed by atoms with Crippen molar-refractivity contribution in [3.8, 4) is 0 Å². The third kappa shape index (κ3) is 4.33. The smallest absolute Gasteiger partial charge is 0.263 e. The minimum Gasteiger partial charge on any atom is -0.333 e. The van der Waals surface area contributed by atoms with E-state index in [4.69, 9.17) is 23.2 Å². The van der Waals surface area contributed by atoms with Crippen LogP contribution < -0.4 is 10.0 Å². The number of anilines is 3. The topological polar surface area (TPSA) is 96.9 Å². The minimum absolute atomic E-state index is 0.0112. The van der Waals surface area contributed by atoms with Gasteiger partial charge in [0.25, 0.3) is 10.0 Å². The fourth-order valence-electron chi connectivity index (χ4n) is 2.67. The van der Waals surface area contributed by atoms with Gasteiger partial charge < -0.3 is 5.32 Å². The van der Waals surface area contributed by atoms with Crippen LogP contribution in [-0.2, 0) is 10.0 Å². The van der Waals surface area contributed by atoms with Crippen molar-refractivity contribution in [1.29, 1.82) is 0 Å². The summed E-state index contributed by atoms with van der Waals surface area (Å²) in [5.74, 6) is -2.07. The van der Waals surface area contributed by atoms with Crippen LogP contribution in [0, 0.1) is 11.6 Å². The van der Waals surface area contributed by atoms with Crippen LogP contribution in [0.4, 0.5) is 26.0 Å². The Hall–Kier alpha value is -2.25. The largest absolute Gasteiger partial charge is 0.333 e. The van der Waals surface area contributed by atoms with Gasteiger partial charge in [0.1, 0.15) is 33.1 Å². The van der Waals surface area contributed by atoms with Crippen molar-refractivity contribution in [2.75, 3.05) is 16.3 Å². The number of nitrogens with zero attached hydrogens (tertiary/aromatic N) is 3. The predicted octanol–water partition coefficient (Wildman–Crippen LogP) is 5.94. The van der Waals surface area contributed by atoms with E-state index in [9.17, 15) is 12.8 Å². The Balaban J connectivity index is 1.73. The third-order valence-electron chi connectivity index (χ3n) is 4.13. The molecule has 0 aliphatic heterocycles. The fourth-order valence-corrected chi connectivity index (χ4v) is 5.89. The zero-order chi connectivity index (χ0) is 23.0. The molecule has 0 radical (unpaired) electrons. The number of fused-ring (bicyclic) bond motifs is 1. The van der Waals surface area contributed by atoms with Gasteiger partial charge in [0.2, 0.25) is 0 Å². The van der Waals surface area contributed by atoms with Crippen LogP contribution in [0.5, 0.6) is 0 Å². The van der Waals surface area contributed by atoms with Crippen molar-refractivity contribution >= 4 is 83.9 Å². The lowest BCUT2D eigenvalue weighted by atomic mass is 10.2. The summed E-state index contributed by atoms with van der Waals surface area (Å²) in [5, 5.41) is 2.35. The number of benzene rings is 2. The molecule has 4 aromatic rings. The lowest BCUT2D eigenvalue weighted by molar-refractivity contribution is 0.588. The summed E-state index contributed by atoms with van der Waals surface area (Å²) in [4.78, 5) is 12.6. The number of halogens is 4. The van der Waals surface area contributed by atoms with Crippen LogP contribution in [0.3, 0.4) is 0 Å². The van der Waals surface area contributed by atoms with Crippen LogP contribution in [0.15, 0.2) is 45.9 Å². The molecule has 0 bridgehead atoms. The zero-order valence-corrected chi connectivity index (χ0v) is 19.8. The number of hydrogen-bond donors (Lipinski definition) is 2. The molecule has 14 heteroatoms. The summed E-state index contributed by atoms with van der Waals surface area (Å²) in [6.45, 7) is 0. The molecule has 32 heavy (non-hydrogen) atoms. The average molecular weight is 534 g/mol. The molecule has 2 aromatic carbocycles. The van der Waals surface area contributed by atoms with Crippen molar-refractivity contribution in [3.05, 3.63) is 58.3 Å².